The zero-order chi connectivity index (χ0) is 18.7. The highest BCUT2D eigenvalue weighted by Gasteiger charge is 2.45. The average Bonchev–Trinajstić information content (AvgIpc) is 2.87. The second-order valence-electron chi connectivity index (χ2n) is 6.35. The molecule has 2 aliphatic heterocycles. The Morgan fingerprint density at radius 3 is 2.65 bits per heavy atom. The standard InChI is InChI=1S/C18H20IN3O4/c19-9-2-1-3-10-20-12-6-4-5-11-15(12)18(26)22(17(11)25)13-7-8-14(23)21-16(13)24/h4-6,13,20H,1-3,7-10H2,(H,21,23,24). The van der Waals surface area contributed by atoms with Crippen molar-refractivity contribution in [2.75, 3.05) is 16.3 Å². The van der Waals surface area contributed by atoms with Crippen LogP contribution in [0.2, 0.25) is 0 Å². The Balaban J connectivity index is 1.78. The van der Waals surface area contributed by atoms with Gasteiger partial charge in [0.2, 0.25) is 11.8 Å². The van der Waals surface area contributed by atoms with E-state index in [4.69, 9.17) is 0 Å². The molecule has 4 amide bonds. The van der Waals surface area contributed by atoms with Gasteiger partial charge in [-0.15, -0.1) is 0 Å². The molecule has 8 heteroatoms. The monoisotopic (exact) mass is 469 g/mol. The number of halogens is 1. The minimum atomic E-state index is -0.934. The summed E-state index contributed by atoms with van der Waals surface area (Å²) in [6.45, 7) is 0.715. The summed E-state index contributed by atoms with van der Waals surface area (Å²) in [5.41, 5.74) is 1.23. The molecule has 1 aromatic carbocycles. The number of hydrogen-bond acceptors (Lipinski definition) is 5. The van der Waals surface area contributed by atoms with E-state index in [0.29, 0.717) is 23.4 Å². The summed E-state index contributed by atoms with van der Waals surface area (Å²) in [5, 5.41) is 5.44. The van der Waals surface area contributed by atoms with Gasteiger partial charge in [-0.1, -0.05) is 35.1 Å². The van der Waals surface area contributed by atoms with Crippen LogP contribution in [0.4, 0.5) is 5.69 Å². The average molecular weight is 469 g/mol. The molecule has 1 atom stereocenters. The molecule has 0 spiro atoms. The van der Waals surface area contributed by atoms with Crippen LogP contribution in [0.25, 0.3) is 0 Å². The lowest BCUT2D eigenvalue weighted by atomic mass is 10.0. The van der Waals surface area contributed by atoms with Gasteiger partial charge in [-0.05, 0) is 35.8 Å². The number of unbranched alkanes of at least 4 members (excludes halogenated alkanes) is 2. The number of amides is 4. The third kappa shape index (κ3) is 3.60. The fourth-order valence-corrected chi connectivity index (χ4v) is 3.82. The maximum absolute atomic E-state index is 12.9. The van der Waals surface area contributed by atoms with E-state index in [9.17, 15) is 19.2 Å². The molecule has 138 valence electrons. The first-order valence-corrected chi connectivity index (χ1v) is 10.2. The second kappa shape index (κ2) is 8.15. The van der Waals surface area contributed by atoms with Gasteiger partial charge in [-0.3, -0.25) is 29.4 Å². The van der Waals surface area contributed by atoms with E-state index in [2.05, 4.69) is 33.2 Å². The highest BCUT2D eigenvalue weighted by molar-refractivity contribution is 14.1. The molecule has 0 radical (unpaired) electrons. The highest BCUT2D eigenvalue weighted by Crippen LogP contribution is 2.32. The molecule has 1 saturated heterocycles. The van der Waals surface area contributed by atoms with Gasteiger partial charge < -0.3 is 5.32 Å². The number of fused-ring (bicyclic) bond motifs is 1. The summed E-state index contributed by atoms with van der Waals surface area (Å²) in [4.78, 5) is 50.0. The highest BCUT2D eigenvalue weighted by atomic mass is 127. The van der Waals surface area contributed by atoms with Crippen molar-refractivity contribution in [1.82, 2.24) is 10.2 Å². The van der Waals surface area contributed by atoms with Gasteiger partial charge in [0, 0.05) is 18.7 Å². The molecule has 3 rings (SSSR count). The van der Waals surface area contributed by atoms with Crippen molar-refractivity contribution in [3.8, 4) is 0 Å². The van der Waals surface area contributed by atoms with Crippen LogP contribution in [0.5, 0.6) is 0 Å². The summed E-state index contributed by atoms with van der Waals surface area (Å²) < 4.78 is 1.12. The molecule has 0 saturated carbocycles. The summed E-state index contributed by atoms with van der Waals surface area (Å²) in [6.07, 6.45) is 3.50. The van der Waals surface area contributed by atoms with E-state index in [1.165, 1.54) is 0 Å². The number of carbonyl (C=O) groups is 4. The fraction of sp³-hybridized carbons (Fsp3) is 0.444. The molecule has 7 nitrogen and oxygen atoms in total. The third-order valence-electron chi connectivity index (χ3n) is 4.59. The molecule has 0 aliphatic carbocycles. The van der Waals surface area contributed by atoms with Crippen LogP contribution in [-0.4, -0.2) is 45.5 Å². The molecular weight excluding hydrogens is 449 g/mol. The van der Waals surface area contributed by atoms with Crippen molar-refractivity contribution in [2.24, 2.45) is 0 Å². The Bertz CT molecular complexity index is 765. The number of benzene rings is 1. The van der Waals surface area contributed by atoms with Crippen molar-refractivity contribution >= 4 is 51.9 Å². The molecular formula is C18H20IN3O4. The van der Waals surface area contributed by atoms with E-state index in [1.807, 2.05) is 0 Å². The van der Waals surface area contributed by atoms with Crippen molar-refractivity contribution in [2.45, 2.75) is 38.1 Å². The quantitative estimate of drug-likeness (QED) is 0.276. The lowest BCUT2D eigenvalue weighted by Crippen LogP contribution is -2.54. The summed E-state index contributed by atoms with van der Waals surface area (Å²) >= 11 is 2.34. The van der Waals surface area contributed by atoms with Crippen molar-refractivity contribution in [3.05, 3.63) is 29.3 Å². The van der Waals surface area contributed by atoms with Gasteiger partial charge >= 0.3 is 0 Å². The largest absolute Gasteiger partial charge is 0.384 e. The first kappa shape index (κ1) is 18.8. The van der Waals surface area contributed by atoms with Crippen LogP contribution in [0, 0.1) is 0 Å². The number of imide groups is 2. The van der Waals surface area contributed by atoms with Gasteiger partial charge in [0.05, 0.1) is 11.1 Å². The Hall–Kier alpha value is -1.97. The lowest BCUT2D eigenvalue weighted by molar-refractivity contribution is -0.136. The third-order valence-corrected chi connectivity index (χ3v) is 5.36. The SMILES string of the molecule is O=C1CCC(N2C(=O)c3cccc(NCCCCCI)c3C2=O)C(=O)N1. The molecule has 1 unspecified atom stereocenters. The van der Waals surface area contributed by atoms with Crippen LogP contribution in [0.1, 0.15) is 52.8 Å². The van der Waals surface area contributed by atoms with Crippen molar-refractivity contribution in [3.63, 3.8) is 0 Å². The number of alkyl halides is 1. The van der Waals surface area contributed by atoms with Crippen LogP contribution in [0.15, 0.2) is 18.2 Å². The molecule has 2 heterocycles. The topological polar surface area (TPSA) is 95.6 Å². The second-order valence-corrected chi connectivity index (χ2v) is 7.43. The first-order valence-electron chi connectivity index (χ1n) is 8.69. The van der Waals surface area contributed by atoms with Gasteiger partial charge in [-0.2, -0.15) is 0 Å². The number of rotatable bonds is 7. The number of carbonyl (C=O) groups excluding carboxylic acids is 4. The van der Waals surface area contributed by atoms with Crippen molar-refractivity contribution < 1.29 is 19.2 Å². The van der Waals surface area contributed by atoms with Gasteiger partial charge in [0.1, 0.15) is 6.04 Å². The maximum Gasteiger partial charge on any atom is 0.264 e. The molecule has 0 aromatic heterocycles. The van der Waals surface area contributed by atoms with Gasteiger partial charge in [0.25, 0.3) is 11.8 Å². The van der Waals surface area contributed by atoms with Crippen LogP contribution >= 0.6 is 22.6 Å². The molecule has 2 aliphatic rings. The zero-order valence-electron chi connectivity index (χ0n) is 14.2. The fourth-order valence-electron chi connectivity index (χ4n) is 3.28. The number of nitrogens with one attached hydrogen (secondary N) is 2. The zero-order valence-corrected chi connectivity index (χ0v) is 16.4. The predicted octanol–water partition coefficient (Wildman–Crippen LogP) is 2.10. The first-order chi connectivity index (χ1) is 12.5. The Morgan fingerprint density at radius 2 is 1.92 bits per heavy atom. The number of anilines is 1. The lowest BCUT2D eigenvalue weighted by Gasteiger charge is -2.27. The summed E-state index contributed by atoms with van der Waals surface area (Å²) in [6, 6.07) is 4.17. The molecule has 1 aromatic rings. The molecule has 2 N–H and O–H groups in total. The summed E-state index contributed by atoms with van der Waals surface area (Å²) in [7, 11) is 0. The maximum atomic E-state index is 12.9. The van der Waals surface area contributed by atoms with Gasteiger partial charge in [-0.25, -0.2) is 0 Å². The smallest absolute Gasteiger partial charge is 0.264 e. The van der Waals surface area contributed by atoms with E-state index < -0.39 is 23.8 Å². The van der Waals surface area contributed by atoms with Crippen molar-refractivity contribution in [1.29, 1.82) is 0 Å². The van der Waals surface area contributed by atoms with E-state index in [1.54, 1.807) is 18.2 Å². The van der Waals surface area contributed by atoms with Crippen LogP contribution < -0.4 is 10.6 Å². The molecule has 1 fully saturated rings. The number of nitrogens with zero attached hydrogens (tertiary/aromatic N) is 1. The summed E-state index contributed by atoms with van der Waals surface area (Å²) in [5.74, 6) is -1.93. The normalized spacial score (nSPS) is 19.6. The molecule has 26 heavy (non-hydrogen) atoms. The van der Waals surface area contributed by atoms with Gasteiger partial charge in [0.15, 0.2) is 0 Å². The number of hydrogen-bond donors (Lipinski definition) is 2. The minimum absolute atomic E-state index is 0.117. The predicted molar refractivity (Wildman–Crippen MR) is 104 cm³/mol. The van der Waals surface area contributed by atoms with Crippen LogP contribution in [-0.2, 0) is 9.59 Å². The molecule has 0 bridgehead atoms. The Labute approximate surface area is 165 Å². The minimum Gasteiger partial charge on any atom is -0.384 e. The van der Waals surface area contributed by atoms with E-state index >= 15 is 0 Å². The van der Waals surface area contributed by atoms with Crippen LogP contribution in [0.3, 0.4) is 0 Å². The number of piperidine rings is 1. The Kier molecular flexibility index (Phi) is 5.90. The van der Waals surface area contributed by atoms with E-state index in [0.717, 1.165) is 28.6 Å². The Morgan fingerprint density at radius 1 is 1.12 bits per heavy atom. The van der Waals surface area contributed by atoms with E-state index in [-0.39, 0.29) is 18.7 Å².